The first-order valence-electron chi connectivity index (χ1n) is 8.39. The summed E-state index contributed by atoms with van der Waals surface area (Å²) in [5.41, 5.74) is 0. The van der Waals surface area contributed by atoms with E-state index in [1.54, 1.807) is 0 Å². The lowest BCUT2D eigenvalue weighted by Crippen LogP contribution is -3.00. The molecule has 0 bridgehead atoms. The van der Waals surface area contributed by atoms with Gasteiger partial charge in [-0.05, 0) is 25.7 Å². The number of aliphatic hydroxyl groups excluding tert-OH is 4. The van der Waals surface area contributed by atoms with E-state index >= 15 is 0 Å². The van der Waals surface area contributed by atoms with Gasteiger partial charge in [-0.15, -0.1) is 0 Å². The number of aliphatic hydroxyl groups is 4. The van der Waals surface area contributed by atoms with Gasteiger partial charge in [0.15, 0.2) is 0 Å². The third-order valence-electron chi connectivity index (χ3n) is 4.28. The first-order valence-corrected chi connectivity index (χ1v) is 8.39. The molecular formula is C16H36ClNO4. The van der Waals surface area contributed by atoms with Crippen LogP contribution in [0.25, 0.3) is 0 Å². The van der Waals surface area contributed by atoms with Crippen molar-refractivity contribution in [3.8, 4) is 0 Å². The molecule has 0 radical (unpaired) electrons. The summed E-state index contributed by atoms with van der Waals surface area (Å²) < 4.78 is 0.369. The van der Waals surface area contributed by atoms with Crippen LogP contribution < -0.4 is 12.4 Å². The van der Waals surface area contributed by atoms with Crippen LogP contribution in [-0.4, -0.2) is 75.5 Å². The van der Waals surface area contributed by atoms with Gasteiger partial charge in [-0.1, -0.05) is 27.7 Å². The third-order valence-corrected chi connectivity index (χ3v) is 4.28. The second-order valence-corrected chi connectivity index (χ2v) is 6.32. The molecule has 0 rings (SSSR count). The maximum absolute atomic E-state index is 10.1. The molecule has 0 aromatic carbocycles. The fraction of sp³-hybridized carbons (Fsp3) is 1.00. The van der Waals surface area contributed by atoms with E-state index in [-0.39, 0.29) is 12.4 Å². The van der Waals surface area contributed by atoms with Gasteiger partial charge < -0.3 is 37.3 Å². The fourth-order valence-corrected chi connectivity index (χ4v) is 2.75. The van der Waals surface area contributed by atoms with E-state index in [2.05, 4.69) is 0 Å². The van der Waals surface area contributed by atoms with E-state index in [9.17, 15) is 20.4 Å². The summed E-state index contributed by atoms with van der Waals surface area (Å²) in [4.78, 5) is 0. The highest BCUT2D eigenvalue weighted by Gasteiger charge is 2.35. The zero-order valence-electron chi connectivity index (χ0n) is 14.6. The molecule has 0 aromatic heterocycles. The molecule has 0 amide bonds. The van der Waals surface area contributed by atoms with Gasteiger partial charge in [0, 0.05) is 0 Å². The molecule has 5 nitrogen and oxygen atoms in total. The number of rotatable bonds is 12. The minimum Gasteiger partial charge on any atom is -1.00 e. The molecule has 4 N–H and O–H groups in total. The molecule has 4 unspecified atom stereocenters. The molecule has 0 aliphatic heterocycles. The maximum Gasteiger partial charge on any atom is 0.105 e. The van der Waals surface area contributed by atoms with Crippen LogP contribution in [0.2, 0.25) is 0 Å². The summed E-state index contributed by atoms with van der Waals surface area (Å²) in [6.07, 6.45) is 0.590. The van der Waals surface area contributed by atoms with Crippen LogP contribution in [0.4, 0.5) is 0 Å². The van der Waals surface area contributed by atoms with Crippen LogP contribution >= 0.6 is 0 Å². The van der Waals surface area contributed by atoms with Crippen molar-refractivity contribution in [2.45, 2.75) is 77.8 Å². The quantitative estimate of drug-likeness (QED) is 0.306. The summed E-state index contributed by atoms with van der Waals surface area (Å²) in [5, 5.41) is 40.4. The fourth-order valence-electron chi connectivity index (χ4n) is 2.75. The zero-order valence-corrected chi connectivity index (χ0v) is 15.3. The Morgan fingerprint density at radius 3 is 0.864 bits per heavy atom. The van der Waals surface area contributed by atoms with Crippen LogP contribution in [0.3, 0.4) is 0 Å². The second-order valence-electron chi connectivity index (χ2n) is 6.32. The van der Waals surface area contributed by atoms with Crippen molar-refractivity contribution >= 4 is 0 Å². The Morgan fingerprint density at radius 1 is 0.545 bits per heavy atom. The predicted octanol–water partition coefficient (Wildman–Crippen LogP) is -2.11. The summed E-state index contributed by atoms with van der Waals surface area (Å²) >= 11 is 0. The van der Waals surface area contributed by atoms with Gasteiger partial charge in [0.25, 0.3) is 0 Å². The van der Waals surface area contributed by atoms with Crippen LogP contribution in [0.5, 0.6) is 0 Å². The molecule has 0 aliphatic carbocycles. The standard InChI is InChI=1S/C16H36NO4.ClH/c1-5-13(18)9-17(10-14(19)6-2,11-15(20)7-3)12-16(21)8-4;/h13-16,18-21H,5-12H2,1-4H3;1H/q+1;/p-1. The highest BCUT2D eigenvalue weighted by Crippen LogP contribution is 2.18. The summed E-state index contributed by atoms with van der Waals surface area (Å²) in [5.74, 6) is 0. The lowest BCUT2D eigenvalue weighted by molar-refractivity contribution is -0.939. The summed E-state index contributed by atoms with van der Waals surface area (Å²) in [6.45, 7) is 9.51. The van der Waals surface area contributed by atoms with Crippen molar-refractivity contribution in [3.05, 3.63) is 0 Å². The highest BCUT2D eigenvalue weighted by molar-refractivity contribution is 4.65. The van der Waals surface area contributed by atoms with Gasteiger partial charge in [0.1, 0.15) is 50.6 Å². The Balaban J connectivity index is 0. The Bertz CT molecular complexity index is 215. The predicted molar refractivity (Wildman–Crippen MR) is 84.9 cm³/mol. The zero-order chi connectivity index (χ0) is 16.5. The van der Waals surface area contributed by atoms with Crippen molar-refractivity contribution in [1.29, 1.82) is 0 Å². The van der Waals surface area contributed by atoms with Crippen molar-refractivity contribution < 1.29 is 37.3 Å². The summed E-state index contributed by atoms with van der Waals surface area (Å²) in [7, 11) is 0. The Hall–Kier alpha value is 0.0900. The largest absolute Gasteiger partial charge is 1.00 e. The van der Waals surface area contributed by atoms with Gasteiger partial charge in [0.2, 0.25) is 0 Å². The number of hydrogen-bond donors (Lipinski definition) is 4. The average molecular weight is 342 g/mol. The average Bonchev–Trinajstić information content (AvgIpc) is 2.46. The van der Waals surface area contributed by atoms with Crippen LogP contribution in [-0.2, 0) is 0 Å². The molecule has 0 heterocycles. The topological polar surface area (TPSA) is 80.9 Å². The first-order chi connectivity index (χ1) is 9.82. The number of quaternary nitrogens is 1. The molecule has 6 heteroatoms. The number of halogens is 1. The van der Waals surface area contributed by atoms with Crippen LogP contribution in [0, 0.1) is 0 Å². The molecule has 22 heavy (non-hydrogen) atoms. The van der Waals surface area contributed by atoms with E-state index in [0.717, 1.165) is 0 Å². The van der Waals surface area contributed by atoms with Gasteiger partial charge >= 0.3 is 0 Å². The Morgan fingerprint density at radius 2 is 0.727 bits per heavy atom. The molecule has 0 saturated carbocycles. The minimum atomic E-state index is -0.484. The molecular weight excluding hydrogens is 306 g/mol. The molecule has 0 aliphatic rings. The van der Waals surface area contributed by atoms with E-state index in [1.807, 2.05) is 27.7 Å². The van der Waals surface area contributed by atoms with Crippen LogP contribution in [0.15, 0.2) is 0 Å². The minimum absolute atomic E-state index is 0. The molecule has 4 atom stereocenters. The number of nitrogens with zero attached hydrogens (tertiary/aromatic N) is 1. The molecule has 0 spiro atoms. The van der Waals surface area contributed by atoms with E-state index in [0.29, 0.717) is 56.3 Å². The Labute approximate surface area is 142 Å². The van der Waals surface area contributed by atoms with E-state index < -0.39 is 24.4 Å². The molecule has 0 saturated heterocycles. The van der Waals surface area contributed by atoms with Crippen molar-refractivity contribution in [2.24, 2.45) is 0 Å². The highest BCUT2D eigenvalue weighted by atomic mass is 35.5. The monoisotopic (exact) mass is 341 g/mol. The lowest BCUT2D eigenvalue weighted by Gasteiger charge is -2.43. The van der Waals surface area contributed by atoms with Gasteiger partial charge in [-0.2, -0.15) is 0 Å². The molecule has 136 valence electrons. The van der Waals surface area contributed by atoms with Crippen molar-refractivity contribution in [1.82, 2.24) is 0 Å². The lowest BCUT2D eigenvalue weighted by atomic mass is 10.1. The van der Waals surface area contributed by atoms with Gasteiger partial charge in [-0.3, -0.25) is 0 Å². The van der Waals surface area contributed by atoms with E-state index in [4.69, 9.17) is 0 Å². The second kappa shape index (κ2) is 12.5. The number of hydrogen-bond acceptors (Lipinski definition) is 4. The van der Waals surface area contributed by atoms with Gasteiger partial charge in [-0.25, -0.2) is 0 Å². The normalized spacial score (nSPS) is 19.6. The first kappa shape index (κ1) is 24.3. The van der Waals surface area contributed by atoms with Crippen LogP contribution in [0.1, 0.15) is 53.4 Å². The maximum atomic E-state index is 10.1. The Kier molecular flexibility index (Phi) is 13.8. The van der Waals surface area contributed by atoms with E-state index in [1.165, 1.54) is 0 Å². The smallest absolute Gasteiger partial charge is 0.105 e. The van der Waals surface area contributed by atoms with Crippen molar-refractivity contribution in [2.75, 3.05) is 26.2 Å². The van der Waals surface area contributed by atoms with Gasteiger partial charge in [0.05, 0.1) is 0 Å². The third kappa shape index (κ3) is 9.28. The molecule has 0 fully saturated rings. The molecule has 0 aromatic rings. The summed E-state index contributed by atoms with van der Waals surface area (Å²) in [6, 6.07) is 0. The SMILES string of the molecule is CCC(O)C[N+](CC(O)CC)(CC(O)CC)CC(O)CC.[Cl-]. The van der Waals surface area contributed by atoms with Crippen molar-refractivity contribution in [3.63, 3.8) is 0 Å².